The van der Waals surface area contributed by atoms with Gasteiger partial charge in [0.2, 0.25) is 0 Å². The van der Waals surface area contributed by atoms with E-state index in [-0.39, 0.29) is 0 Å². The van der Waals surface area contributed by atoms with Gasteiger partial charge in [-0.2, -0.15) is 0 Å². The molecule has 0 saturated heterocycles. The van der Waals surface area contributed by atoms with Crippen LogP contribution in [0.25, 0.3) is 0 Å². The number of hydrogen-bond donors (Lipinski definition) is 2. The molecular formula is C15H20N2S. The fourth-order valence-electron chi connectivity index (χ4n) is 2.19. The molecule has 3 N–H and O–H groups in total. The molecule has 0 unspecified atom stereocenters. The lowest BCUT2D eigenvalue weighted by molar-refractivity contribution is 0.557. The van der Waals surface area contributed by atoms with Crippen molar-refractivity contribution in [2.45, 2.75) is 26.3 Å². The highest BCUT2D eigenvalue weighted by atomic mass is 32.1. The molecule has 2 rings (SSSR count). The van der Waals surface area contributed by atoms with Crippen molar-refractivity contribution in [3.63, 3.8) is 0 Å². The zero-order valence-corrected chi connectivity index (χ0v) is 11.8. The Morgan fingerprint density at radius 3 is 2.67 bits per heavy atom. The van der Waals surface area contributed by atoms with Gasteiger partial charge in [-0.25, -0.2) is 0 Å². The SMILES string of the molecule is CCN[C@H](Cc1ccccc1N)c1sccc1C. The molecule has 2 aromatic rings. The van der Waals surface area contributed by atoms with Gasteiger partial charge in [0.25, 0.3) is 0 Å². The standard InChI is InChI=1S/C15H20N2S/c1-3-17-14(15-11(2)8-9-18-15)10-12-6-4-5-7-13(12)16/h4-9,14,17H,3,10,16H2,1-2H3/t14-/m1/s1. The summed E-state index contributed by atoms with van der Waals surface area (Å²) in [5.41, 5.74) is 9.50. The lowest BCUT2D eigenvalue weighted by Gasteiger charge is -2.18. The third-order valence-corrected chi connectivity index (χ3v) is 4.28. The molecule has 0 spiro atoms. The molecule has 0 radical (unpaired) electrons. The Kier molecular flexibility index (Phi) is 4.39. The van der Waals surface area contributed by atoms with Gasteiger partial charge in [-0.05, 0) is 48.5 Å². The van der Waals surface area contributed by atoms with Gasteiger partial charge in [-0.1, -0.05) is 25.1 Å². The summed E-state index contributed by atoms with van der Waals surface area (Å²) in [7, 11) is 0. The second kappa shape index (κ2) is 6.03. The first-order chi connectivity index (χ1) is 8.72. The molecule has 1 heterocycles. The van der Waals surface area contributed by atoms with Gasteiger partial charge >= 0.3 is 0 Å². The molecular weight excluding hydrogens is 240 g/mol. The normalized spacial score (nSPS) is 12.6. The number of anilines is 1. The maximum atomic E-state index is 6.03. The molecule has 0 aliphatic rings. The third-order valence-electron chi connectivity index (χ3n) is 3.15. The van der Waals surface area contributed by atoms with E-state index < -0.39 is 0 Å². The van der Waals surface area contributed by atoms with E-state index in [0.717, 1.165) is 18.7 Å². The Balaban J connectivity index is 2.22. The minimum atomic E-state index is 0.361. The van der Waals surface area contributed by atoms with Crippen LogP contribution >= 0.6 is 11.3 Å². The largest absolute Gasteiger partial charge is 0.399 e. The number of thiophene rings is 1. The lowest BCUT2D eigenvalue weighted by Crippen LogP contribution is -2.23. The third kappa shape index (κ3) is 2.92. The first kappa shape index (κ1) is 13.1. The molecule has 0 fully saturated rings. The summed E-state index contributed by atoms with van der Waals surface area (Å²) < 4.78 is 0. The van der Waals surface area contributed by atoms with Crippen LogP contribution in [0.4, 0.5) is 5.69 Å². The van der Waals surface area contributed by atoms with E-state index in [1.54, 1.807) is 0 Å². The summed E-state index contributed by atoms with van der Waals surface area (Å²) in [6.45, 7) is 5.28. The average Bonchev–Trinajstić information content (AvgIpc) is 2.78. The summed E-state index contributed by atoms with van der Waals surface area (Å²) in [5, 5.41) is 5.71. The first-order valence-corrected chi connectivity index (χ1v) is 7.21. The van der Waals surface area contributed by atoms with Gasteiger partial charge in [-0.15, -0.1) is 11.3 Å². The minimum Gasteiger partial charge on any atom is -0.399 e. The second-order valence-electron chi connectivity index (χ2n) is 4.48. The molecule has 0 aliphatic carbocycles. The summed E-state index contributed by atoms with van der Waals surface area (Å²) in [6.07, 6.45) is 0.946. The van der Waals surface area contributed by atoms with Crippen molar-refractivity contribution in [2.24, 2.45) is 0 Å². The highest BCUT2D eigenvalue weighted by molar-refractivity contribution is 7.10. The Hall–Kier alpha value is -1.32. The van der Waals surface area contributed by atoms with E-state index in [4.69, 9.17) is 5.73 Å². The van der Waals surface area contributed by atoms with E-state index in [1.165, 1.54) is 16.0 Å². The highest BCUT2D eigenvalue weighted by Crippen LogP contribution is 2.28. The summed E-state index contributed by atoms with van der Waals surface area (Å²) in [5.74, 6) is 0. The maximum Gasteiger partial charge on any atom is 0.0459 e. The predicted molar refractivity (Wildman–Crippen MR) is 80.0 cm³/mol. The van der Waals surface area contributed by atoms with Crippen LogP contribution in [0.15, 0.2) is 35.7 Å². The molecule has 2 nitrogen and oxygen atoms in total. The van der Waals surface area contributed by atoms with Crippen LogP contribution in [0, 0.1) is 6.92 Å². The van der Waals surface area contributed by atoms with Gasteiger partial charge in [-0.3, -0.25) is 0 Å². The Bertz CT molecular complexity index is 505. The Labute approximate surface area is 113 Å². The van der Waals surface area contributed by atoms with E-state index in [0.29, 0.717) is 6.04 Å². The monoisotopic (exact) mass is 260 g/mol. The molecule has 0 saturated carbocycles. The number of nitrogen functional groups attached to an aromatic ring is 1. The highest BCUT2D eigenvalue weighted by Gasteiger charge is 2.15. The second-order valence-corrected chi connectivity index (χ2v) is 5.43. The molecule has 96 valence electrons. The van der Waals surface area contributed by atoms with Crippen LogP contribution in [-0.4, -0.2) is 6.54 Å². The minimum absolute atomic E-state index is 0.361. The molecule has 18 heavy (non-hydrogen) atoms. The molecule has 1 aromatic carbocycles. The van der Waals surface area contributed by atoms with Gasteiger partial charge in [0.05, 0.1) is 0 Å². The zero-order chi connectivity index (χ0) is 13.0. The van der Waals surface area contributed by atoms with Gasteiger partial charge in [0.1, 0.15) is 0 Å². The quantitative estimate of drug-likeness (QED) is 0.807. The van der Waals surface area contributed by atoms with Crippen molar-refractivity contribution in [3.05, 3.63) is 51.7 Å². The summed E-state index contributed by atoms with van der Waals surface area (Å²) in [4.78, 5) is 1.42. The topological polar surface area (TPSA) is 38.0 Å². The Morgan fingerprint density at radius 2 is 2.06 bits per heavy atom. The smallest absolute Gasteiger partial charge is 0.0459 e. The van der Waals surface area contributed by atoms with Crippen LogP contribution in [0.2, 0.25) is 0 Å². The molecule has 1 aromatic heterocycles. The van der Waals surface area contributed by atoms with Crippen LogP contribution in [0.5, 0.6) is 0 Å². The van der Waals surface area contributed by atoms with Crippen LogP contribution < -0.4 is 11.1 Å². The molecule has 0 aliphatic heterocycles. The number of nitrogens with one attached hydrogen (secondary N) is 1. The number of para-hydroxylation sites is 1. The van der Waals surface area contributed by atoms with Crippen molar-refractivity contribution in [2.75, 3.05) is 12.3 Å². The number of aryl methyl sites for hydroxylation is 1. The van der Waals surface area contributed by atoms with Gasteiger partial charge in [0, 0.05) is 16.6 Å². The van der Waals surface area contributed by atoms with Gasteiger partial charge < -0.3 is 11.1 Å². The number of nitrogens with two attached hydrogens (primary N) is 1. The maximum absolute atomic E-state index is 6.03. The molecule has 0 amide bonds. The number of benzene rings is 1. The lowest BCUT2D eigenvalue weighted by atomic mass is 10.0. The van der Waals surface area contributed by atoms with Crippen LogP contribution in [0.3, 0.4) is 0 Å². The van der Waals surface area contributed by atoms with Crippen molar-refractivity contribution < 1.29 is 0 Å². The summed E-state index contributed by atoms with van der Waals surface area (Å²) >= 11 is 1.82. The molecule has 1 atom stereocenters. The predicted octanol–water partition coefficient (Wildman–Crippen LogP) is 3.53. The van der Waals surface area contributed by atoms with Crippen molar-refractivity contribution in [1.82, 2.24) is 5.32 Å². The van der Waals surface area contributed by atoms with Gasteiger partial charge in [0.15, 0.2) is 0 Å². The van der Waals surface area contributed by atoms with Crippen molar-refractivity contribution >= 4 is 17.0 Å². The van der Waals surface area contributed by atoms with Crippen molar-refractivity contribution in [1.29, 1.82) is 0 Å². The first-order valence-electron chi connectivity index (χ1n) is 6.33. The van der Waals surface area contributed by atoms with Crippen molar-refractivity contribution in [3.8, 4) is 0 Å². The van der Waals surface area contributed by atoms with E-state index in [2.05, 4.69) is 42.7 Å². The van der Waals surface area contributed by atoms with E-state index in [9.17, 15) is 0 Å². The molecule has 0 bridgehead atoms. The average molecular weight is 260 g/mol. The Morgan fingerprint density at radius 1 is 1.28 bits per heavy atom. The zero-order valence-electron chi connectivity index (χ0n) is 10.9. The molecule has 3 heteroatoms. The van der Waals surface area contributed by atoms with E-state index in [1.807, 2.05) is 23.5 Å². The fourth-order valence-corrected chi connectivity index (χ4v) is 3.19. The van der Waals surface area contributed by atoms with Crippen LogP contribution in [-0.2, 0) is 6.42 Å². The number of hydrogen-bond acceptors (Lipinski definition) is 3. The summed E-state index contributed by atoms with van der Waals surface area (Å²) in [6, 6.07) is 10.7. The van der Waals surface area contributed by atoms with Crippen LogP contribution in [0.1, 0.15) is 29.0 Å². The fraction of sp³-hybridized carbons (Fsp3) is 0.333. The number of likely N-dealkylation sites (N-methyl/N-ethyl adjacent to an activating group) is 1. The number of rotatable bonds is 5. The van der Waals surface area contributed by atoms with E-state index >= 15 is 0 Å².